The number of carbonyl (C=O) groups is 2. The number of hydrogen-bond donors (Lipinski definition) is 2. The molecule has 0 aliphatic heterocycles. The van der Waals surface area contributed by atoms with Gasteiger partial charge in [-0.25, -0.2) is 9.18 Å². The SMILES string of the molecule is CC[C@H](C)[C@H](NC(=O)CCc1ccc(F)cc1)C(=O)O. The van der Waals surface area contributed by atoms with E-state index in [1.165, 1.54) is 12.1 Å². The average molecular weight is 281 g/mol. The van der Waals surface area contributed by atoms with Crippen LogP contribution in [0.3, 0.4) is 0 Å². The number of nitrogens with one attached hydrogen (secondary N) is 1. The predicted octanol–water partition coefficient (Wildman–Crippen LogP) is 2.37. The number of carbonyl (C=O) groups excluding carboxylic acids is 1. The molecule has 0 radical (unpaired) electrons. The summed E-state index contributed by atoms with van der Waals surface area (Å²) < 4.78 is 12.7. The molecule has 1 amide bonds. The first kappa shape index (κ1) is 16.1. The number of hydrogen-bond acceptors (Lipinski definition) is 2. The Morgan fingerprint density at radius 1 is 1.30 bits per heavy atom. The van der Waals surface area contributed by atoms with Crippen molar-refractivity contribution in [2.24, 2.45) is 5.92 Å². The number of aryl methyl sites for hydroxylation is 1. The van der Waals surface area contributed by atoms with Crippen molar-refractivity contribution in [2.45, 2.75) is 39.2 Å². The molecule has 4 nitrogen and oxygen atoms in total. The molecule has 2 atom stereocenters. The van der Waals surface area contributed by atoms with E-state index < -0.39 is 12.0 Å². The quantitative estimate of drug-likeness (QED) is 0.806. The van der Waals surface area contributed by atoms with Gasteiger partial charge in [0, 0.05) is 6.42 Å². The lowest BCUT2D eigenvalue weighted by Gasteiger charge is -2.20. The number of carboxylic acid groups (broad SMARTS) is 1. The van der Waals surface area contributed by atoms with Gasteiger partial charge in [-0.3, -0.25) is 4.79 Å². The van der Waals surface area contributed by atoms with Gasteiger partial charge in [-0.1, -0.05) is 32.4 Å². The molecule has 1 aromatic carbocycles. The van der Waals surface area contributed by atoms with Crippen LogP contribution in [0, 0.1) is 11.7 Å². The summed E-state index contributed by atoms with van der Waals surface area (Å²) in [6, 6.07) is 5.05. The number of aliphatic carboxylic acids is 1. The van der Waals surface area contributed by atoms with Crippen LogP contribution < -0.4 is 5.32 Å². The molecule has 0 aliphatic carbocycles. The number of benzene rings is 1. The Hall–Kier alpha value is -1.91. The summed E-state index contributed by atoms with van der Waals surface area (Å²) >= 11 is 0. The van der Waals surface area contributed by atoms with E-state index in [1.54, 1.807) is 19.1 Å². The molecule has 0 aromatic heterocycles. The molecule has 110 valence electrons. The smallest absolute Gasteiger partial charge is 0.326 e. The first-order chi connectivity index (χ1) is 9.43. The second-order valence-corrected chi connectivity index (χ2v) is 4.90. The summed E-state index contributed by atoms with van der Waals surface area (Å²) in [5, 5.41) is 11.6. The third-order valence-corrected chi connectivity index (χ3v) is 3.35. The van der Waals surface area contributed by atoms with Gasteiger partial charge in [0.1, 0.15) is 11.9 Å². The van der Waals surface area contributed by atoms with Gasteiger partial charge in [-0.05, 0) is 30.0 Å². The average Bonchev–Trinajstić information content (AvgIpc) is 2.43. The van der Waals surface area contributed by atoms with Gasteiger partial charge in [0.2, 0.25) is 5.91 Å². The number of halogens is 1. The zero-order valence-corrected chi connectivity index (χ0v) is 11.7. The molecule has 0 spiro atoms. The van der Waals surface area contributed by atoms with Gasteiger partial charge < -0.3 is 10.4 Å². The fraction of sp³-hybridized carbons (Fsp3) is 0.467. The van der Waals surface area contributed by atoms with E-state index in [4.69, 9.17) is 5.11 Å². The fourth-order valence-electron chi connectivity index (χ4n) is 1.84. The Morgan fingerprint density at radius 2 is 1.90 bits per heavy atom. The second-order valence-electron chi connectivity index (χ2n) is 4.90. The molecule has 0 saturated heterocycles. The minimum Gasteiger partial charge on any atom is -0.480 e. The first-order valence-electron chi connectivity index (χ1n) is 6.70. The van der Waals surface area contributed by atoms with Crippen LogP contribution in [-0.2, 0) is 16.0 Å². The summed E-state index contributed by atoms with van der Waals surface area (Å²) in [6.45, 7) is 3.67. The van der Waals surface area contributed by atoms with Crippen molar-refractivity contribution < 1.29 is 19.1 Å². The minimum absolute atomic E-state index is 0.123. The highest BCUT2D eigenvalue weighted by atomic mass is 19.1. The highest BCUT2D eigenvalue weighted by molar-refractivity contribution is 5.83. The Morgan fingerprint density at radius 3 is 2.40 bits per heavy atom. The second kappa shape index (κ2) is 7.62. The van der Waals surface area contributed by atoms with E-state index in [9.17, 15) is 14.0 Å². The Balaban J connectivity index is 2.49. The zero-order valence-electron chi connectivity index (χ0n) is 11.7. The van der Waals surface area contributed by atoms with Gasteiger partial charge in [-0.2, -0.15) is 0 Å². The van der Waals surface area contributed by atoms with E-state index >= 15 is 0 Å². The Kier molecular flexibility index (Phi) is 6.15. The highest BCUT2D eigenvalue weighted by Gasteiger charge is 2.24. The summed E-state index contributed by atoms with van der Waals surface area (Å²) in [5.74, 6) is -1.76. The Labute approximate surface area is 118 Å². The van der Waals surface area contributed by atoms with Gasteiger partial charge in [0.25, 0.3) is 0 Å². The largest absolute Gasteiger partial charge is 0.480 e. The Bertz CT molecular complexity index is 459. The van der Waals surface area contributed by atoms with Gasteiger partial charge in [0.05, 0.1) is 0 Å². The molecule has 1 rings (SSSR count). The number of carboxylic acids is 1. The standard InChI is InChI=1S/C15H20FNO3/c1-3-10(2)14(15(19)20)17-13(18)9-6-11-4-7-12(16)8-5-11/h4-5,7-8,10,14H,3,6,9H2,1-2H3,(H,17,18)(H,19,20)/t10-,14-/m0/s1. The molecule has 0 saturated carbocycles. The van der Waals surface area contributed by atoms with E-state index in [-0.39, 0.29) is 24.1 Å². The van der Waals surface area contributed by atoms with Crippen molar-refractivity contribution in [2.75, 3.05) is 0 Å². The molecule has 0 unspecified atom stereocenters. The van der Waals surface area contributed by atoms with Crippen LogP contribution in [-0.4, -0.2) is 23.0 Å². The lowest BCUT2D eigenvalue weighted by Crippen LogP contribution is -2.45. The molecule has 20 heavy (non-hydrogen) atoms. The maximum Gasteiger partial charge on any atom is 0.326 e. The molecule has 5 heteroatoms. The highest BCUT2D eigenvalue weighted by Crippen LogP contribution is 2.09. The summed E-state index contributed by atoms with van der Waals surface area (Å²) in [5.41, 5.74) is 0.844. The van der Waals surface area contributed by atoms with Crippen LogP contribution in [0.4, 0.5) is 4.39 Å². The molecule has 0 aliphatic rings. The summed E-state index contributed by atoms with van der Waals surface area (Å²) in [7, 11) is 0. The lowest BCUT2D eigenvalue weighted by molar-refractivity contribution is -0.143. The summed E-state index contributed by atoms with van der Waals surface area (Å²) in [4.78, 5) is 22.9. The van der Waals surface area contributed by atoms with Gasteiger partial charge >= 0.3 is 5.97 Å². The van der Waals surface area contributed by atoms with Gasteiger partial charge in [0.15, 0.2) is 0 Å². The maximum atomic E-state index is 12.7. The van der Waals surface area contributed by atoms with Crippen LogP contribution in [0.15, 0.2) is 24.3 Å². The molecule has 0 heterocycles. The van der Waals surface area contributed by atoms with Crippen LogP contribution in [0.5, 0.6) is 0 Å². The minimum atomic E-state index is -1.02. The fourth-order valence-corrected chi connectivity index (χ4v) is 1.84. The first-order valence-corrected chi connectivity index (χ1v) is 6.70. The molecular formula is C15H20FNO3. The zero-order chi connectivity index (χ0) is 15.1. The van der Waals surface area contributed by atoms with E-state index in [2.05, 4.69) is 5.32 Å². The van der Waals surface area contributed by atoms with Crippen molar-refractivity contribution in [3.63, 3.8) is 0 Å². The lowest BCUT2D eigenvalue weighted by atomic mass is 9.99. The van der Waals surface area contributed by atoms with Crippen molar-refractivity contribution >= 4 is 11.9 Å². The molecule has 1 aromatic rings. The van der Waals surface area contributed by atoms with Crippen LogP contribution in [0.25, 0.3) is 0 Å². The van der Waals surface area contributed by atoms with Crippen molar-refractivity contribution in [3.05, 3.63) is 35.6 Å². The predicted molar refractivity (Wildman–Crippen MR) is 73.7 cm³/mol. The van der Waals surface area contributed by atoms with E-state index in [0.717, 1.165) is 5.56 Å². The van der Waals surface area contributed by atoms with Crippen LogP contribution in [0.1, 0.15) is 32.3 Å². The molecule has 2 N–H and O–H groups in total. The third-order valence-electron chi connectivity index (χ3n) is 3.35. The van der Waals surface area contributed by atoms with Crippen molar-refractivity contribution in [3.8, 4) is 0 Å². The maximum absolute atomic E-state index is 12.7. The van der Waals surface area contributed by atoms with Crippen molar-refractivity contribution in [1.29, 1.82) is 0 Å². The van der Waals surface area contributed by atoms with Crippen LogP contribution in [0.2, 0.25) is 0 Å². The molecular weight excluding hydrogens is 261 g/mol. The number of rotatable bonds is 7. The summed E-state index contributed by atoms with van der Waals surface area (Å²) in [6.07, 6.45) is 1.32. The molecule has 0 fully saturated rings. The normalized spacial score (nSPS) is 13.6. The van der Waals surface area contributed by atoms with Crippen LogP contribution >= 0.6 is 0 Å². The number of amides is 1. The molecule has 0 bridgehead atoms. The topological polar surface area (TPSA) is 66.4 Å². The monoisotopic (exact) mass is 281 g/mol. The van der Waals surface area contributed by atoms with Crippen molar-refractivity contribution in [1.82, 2.24) is 5.32 Å². The van der Waals surface area contributed by atoms with Gasteiger partial charge in [-0.15, -0.1) is 0 Å². The van der Waals surface area contributed by atoms with E-state index in [1.807, 2.05) is 6.92 Å². The third kappa shape index (κ3) is 4.99. The van der Waals surface area contributed by atoms with E-state index in [0.29, 0.717) is 12.8 Å².